The molecule has 3 aromatic rings. The van der Waals surface area contributed by atoms with Crippen LogP contribution in [0.15, 0.2) is 66.1 Å². The second-order valence-corrected chi connectivity index (χ2v) is 7.07. The van der Waals surface area contributed by atoms with Crippen LogP contribution >= 0.6 is 23.4 Å². The lowest BCUT2D eigenvalue weighted by atomic mass is 10.2. The van der Waals surface area contributed by atoms with Gasteiger partial charge in [0.2, 0.25) is 5.91 Å². The van der Waals surface area contributed by atoms with E-state index in [1.807, 2.05) is 22.9 Å². The number of hydrogen-bond acceptors (Lipinski definition) is 5. The summed E-state index contributed by atoms with van der Waals surface area (Å²) in [5, 5.41) is 4.17. The Hall–Kier alpha value is -2.77. The number of nitrogens with zero attached hydrogens (tertiary/aromatic N) is 2. The summed E-state index contributed by atoms with van der Waals surface area (Å²) in [7, 11) is 0. The lowest BCUT2D eigenvalue weighted by Crippen LogP contribution is -2.14. The van der Waals surface area contributed by atoms with Gasteiger partial charge in [0.1, 0.15) is 0 Å². The second kappa shape index (κ2) is 9.43. The SMILES string of the molecule is CCOC(=O)c1ccc(NC(=O)CSc2nccn2-c2ccc(Cl)cc2)cc1. The van der Waals surface area contributed by atoms with Crippen LogP contribution in [0.5, 0.6) is 0 Å². The van der Waals surface area contributed by atoms with Crippen molar-refractivity contribution in [3.05, 3.63) is 71.5 Å². The highest BCUT2D eigenvalue weighted by Crippen LogP contribution is 2.22. The standard InChI is InChI=1S/C20H18ClN3O3S/c1-2-27-19(26)14-3-7-16(8-4-14)23-18(25)13-28-20-22-11-12-24(20)17-9-5-15(21)6-10-17/h3-12H,2,13H2,1H3,(H,23,25). The number of amides is 1. The zero-order valence-electron chi connectivity index (χ0n) is 15.1. The average Bonchev–Trinajstić information content (AvgIpc) is 3.16. The van der Waals surface area contributed by atoms with Gasteiger partial charge in [0.25, 0.3) is 0 Å². The quantitative estimate of drug-likeness (QED) is 0.456. The normalized spacial score (nSPS) is 10.5. The first-order valence-electron chi connectivity index (χ1n) is 8.56. The fourth-order valence-electron chi connectivity index (χ4n) is 2.43. The van der Waals surface area contributed by atoms with Gasteiger partial charge in [-0.25, -0.2) is 9.78 Å². The maximum atomic E-state index is 12.2. The number of anilines is 1. The Bertz CT molecular complexity index is 956. The summed E-state index contributed by atoms with van der Waals surface area (Å²) in [4.78, 5) is 28.2. The van der Waals surface area contributed by atoms with Crippen molar-refractivity contribution in [3.63, 3.8) is 0 Å². The molecule has 1 amide bonds. The number of hydrogen-bond donors (Lipinski definition) is 1. The van der Waals surface area contributed by atoms with Crippen molar-refractivity contribution in [2.75, 3.05) is 17.7 Å². The number of benzene rings is 2. The number of rotatable bonds is 7. The lowest BCUT2D eigenvalue weighted by molar-refractivity contribution is -0.113. The molecule has 0 aliphatic carbocycles. The third kappa shape index (κ3) is 5.15. The molecule has 8 heteroatoms. The molecule has 1 heterocycles. The minimum Gasteiger partial charge on any atom is -0.462 e. The topological polar surface area (TPSA) is 73.2 Å². The van der Waals surface area contributed by atoms with Crippen molar-refractivity contribution in [1.82, 2.24) is 9.55 Å². The predicted octanol–water partition coefficient (Wildman–Crippen LogP) is 4.43. The molecule has 6 nitrogen and oxygen atoms in total. The van der Waals surface area contributed by atoms with Gasteiger partial charge in [-0.1, -0.05) is 23.4 Å². The molecule has 28 heavy (non-hydrogen) atoms. The number of esters is 1. The van der Waals surface area contributed by atoms with Crippen LogP contribution in [-0.2, 0) is 9.53 Å². The van der Waals surface area contributed by atoms with Crippen LogP contribution in [0.25, 0.3) is 5.69 Å². The van der Waals surface area contributed by atoms with Crippen molar-refractivity contribution in [3.8, 4) is 5.69 Å². The summed E-state index contributed by atoms with van der Waals surface area (Å²) in [5.74, 6) is -0.353. The Balaban J connectivity index is 1.57. The van der Waals surface area contributed by atoms with E-state index in [0.29, 0.717) is 28.0 Å². The summed E-state index contributed by atoms with van der Waals surface area (Å²) < 4.78 is 6.83. The molecule has 0 saturated carbocycles. The fraction of sp³-hybridized carbons (Fsp3) is 0.150. The van der Waals surface area contributed by atoms with Gasteiger partial charge in [-0.2, -0.15) is 0 Å². The van der Waals surface area contributed by atoms with E-state index >= 15 is 0 Å². The number of thioether (sulfide) groups is 1. The zero-order chi connectivity index (χ0) is 19.9. The summed E-state index contributed by atoms with van der Waals surface area (Å²) in [6, 6.07) is 14.0. The van der Waals surface area contributed by atoms with E-state index in [4.69, 9.17) is 16.3 Å². The van der Waals surface area contributed by atoms with Crippen LogP contribution in [0.2, 0.25) is 5.02 Å². The van der Waals surface area contributed by atoms with Crippen molar-refractivity contribution in [2.24, 2.45) is 0 Å². The molecular formula is C20H18ClN3O3S. The van der Waals surface area contributed by atoms with Gasteiger partial charge in [0.15, 0.2) is 5.16 Å². The molecule has 0 aliphatic heterocycles. The Morgan fingerprint density at radius 2 is 1.86 bits per heavy atom. The third-order valence-corrected chi connectivity index (χ3v) is 4.94. The van der Waals surface area contributed by atoms with Crippen LogP contribution in [0.4, 0.5) is 5.69 Å². The Morgan fingerprint density at radius 3 is 2.54 bits per heavy atom. The summed E-state index contributed by atoms with van der Waals surface area (Å²) in [5.41, 5.74) is 1.97. The Morgan fingerprint density at radius 1 is 1.14 bits per heavy atom. The average molecular weight is 416 g/mol. The van der Waals surface area contributed by atoms with E-state index in [2.05, 4.69) is 10.3 Å². The van der Waals surface area contributed by atoms with E-state index in [9.17, 15) is 9.59 Å². The van der Waals surface area contributed by atoms with Crippen LogP contribution in [0.3, 0.4) is 0 Å². The van der Waals surface area contributed by atoms with Gasteiger partial charge >= 0.3 is 5.97 Å². The van der Waals surface area contributed by atoms with Gasteiger partial charge in [0.05, 0.1) is 17.9 Å². The van der Waals surface area contributed by atoms with Crippen molar-refractivity contribution in [1.29, 1.82) is 0 Å². The Kier molecular flexibility index (Phi) is 6.73. The minimum atomic E-state index is -0.384. The molecule has 1 aromatic heterocycles. The smallest absolute Gasteiger partial charge is 0.338 e. The van der Waals surface area contributed by atoms with E-state index < -0.39 is 0 Å². The minimum absolute atomic E-state index is 0.167. The molecule has 1 N–H and O–H groups in total. The van der Waals surface area contributed by atoms with E-state index in [1.54, 1.807) is 49.5 Å². The molecule has 0 radical (unpaired) electrons. The maximum Gasteiger partial charge on any atom is 0.338 e. The number of nitrogens with one attached hydrogen (secondary N) is 1. The molecule has 0 bridgehead atoms. The van der Waals surface area contributed by atoms with Gasteiger partial charge in [-0.3, -0.25) is 9.36 Å². The molecule has 0 atom stereocenters. The van der Waals surface area contributed by atoms with Crippen LogP contribution in [0, 0.1) is 0 Å². The van der Waals surface area contributed by atoms with Crippen LogP contribution < -0.4 is 5.32 Å². The van der Waals surface area contributed by atoms with Crippen molar-refractivity contribution >= 4 is 40.9 Å². The van der Waals surface area contributed by atoms with Gasteiger partial charge < -0.3 is 10.1 Å². The summed E-state index contributed by atoms with van der Waals surface area (Å²) in [6.45, 7) is 2.07. The first kappa shape index (κ1) is 20.0. The molecule has 144 valence electrons. The molecule has 3 rings (SSSR count). The number of ether oxygens (including phenoxy) is 1. The highest BCUT2D eigenvalue weighted by atomic mass is 35.5. The van der Waals surface area contributed by atoms with Crippen molar-refractivity contribution < 1.29 is 14.3 Å². The zero-order valence-corrected chi connectivity index (χ0v) is 16.7. The van der Waals surface area contributed by atoms with Crippen LogP contribution in [-0.4, -0.2) is 33.8 Å². The molecule has 0 saturated heterocycles. The number of imidazole rings is 1. The highest BCUT2D eigenvalue weighted by Gasteiger charge is 2.10. The molecule has 2 aromatic carbocycles. The van der Waals surface area contributed by atoms with Gasteiger partial charge in [-0.15, -0.1) is 0 Å². The van der Waals surface area contributed by atoms with E-state index in [-0.39, 0.29) is 17.6 Å². The van der Waals surface area contributed by atoms with E-state index in [0.717, 1.165) is 5.69 Å². The molecule has 0 aliphatic rings. The number of halogens is 1. The molecule has 0 fully saturated rings. The molecular weight excluding hydrogens is 398 g/mol. The Labute approximate surface area is 171 Å². The second-order valence-electron chi connectivity index (χ2n) is 5.69. The first-order chi connectivity index (χ1) is 13.6. The molecule has 0 unspecified atom stereocenters. The van der Waals surface area contributed by atoms with Crippen molar-refractivity contribution in [2.45, 2.75) is 12.1 Å². The summed E-state index contributed by atoms with van der Waals surface area (Å²) >= 11 is 7.25. The fourth-order valence-corrected chi connectivity index (χ4v) is 3.33. The lowest BCUT2D eigenvalue weighted by Gasteiger charge is -2.08. The maximum absolute atomic E-state index is 12.2. The van der Waals surface area contributed by atoms with E-state index in [1.165, 1.54) is 11.8 Å². The monoisotopic (exact) mass is 415 g/mol. The number of aromatic nitrogens is 2. The number of carbonyl (C=O) groups excluding carboxylic acids is 2. The first-order valence-corrected chi connectivity index (χ1v) is 9.92. The largest absolute Gasteiger partial charge is 0.462 e. The number of carbonyl (C=O) groups is 2. The van der Waals surface area contributed by atoms with Gasteiger partial charge in [-0.05, 0) is 55.5 Å². The third-order valence-electron chi connectivity index (χ3n) is 3.72. The van der Waals surface area contributed by atoms with Gasteiger partial charge in [0, 0.05) is 28.8 Å². The van der Waals surface area contributed by atoms with Crippen LogP contribution in [0.1, 0.15) is 17.3 Å². The molecule has 0 spiro atoms. The predicted molar refractivity (Wildman–Crippen MR) is 110 cm³/mol. The highest BCUT2D eigenvalue weighted by molar-refractivity contribution is 7.99. The summed E-state index contributed by atoms with van der Waals surface area (Å²) in [6.07, 6.45) is 3.51.